The van der Waals surface area contributed by atoms with Crippen molar-refractivity contribution < 1.29 is 4.79 Å². The lowest BCUT2D eigenvalue weighted by Gasteiger charge is -2.00. The van der Waals surface area contributed by atoms with Crippen LogP contribution < -0.4 is 0 Å². The van der Waals surface area contributed by atoms with Gasteiger partial charge in [-0.25, -0.2) is 4.98 Å². The lowest BCUT2D eigenvalue weighted by Crippen LogP contribution is -2.10. The molecule has 2 aromatic heterocycles. The number of thiazole rings is 1. The van der Waals surface area contributed by atoms with Crippen LogP contribution in [0, 0.1) is 6.92 Å². The second-order valence-corrected chi connectivity index (χ2v) is 5.34. The Morgan fingerprint density at radius 2 is 2.38 bits per heavy atom. The number of aromatic nitrogens is 3. The number of hydrogen-bond donors (Lipinski definition) is 0. The lowest BCUT2D eigenvalue weighted by atomic mass is 10.2. The van der Waals surface area contributed by atoms with E-state index in [4.69, 9.17) is 0 Å². The van der Waals surface area contributed by atoms with E-state index in [1.807, 2.05) is 12.3 Å². The molecule has 0 atom stereocenters. The number of nitrogens with zero attached hydrogens (tertiary/aromatic N) is 3. The van der Waals surface area contributed by atoms with Crippen molar-refractivity contribution in [1.29, 1.82) is 0 Å². The summed E-state index contributed by atoms with van der Waals surface area (Å²) in [7, 11) is 1.75. The van der Waals surface area contributed by atoms with Crippen LogP contribution in [0.25, 0.3) is 0 Å². The summed E-state index contributed by atoms with van der Waals surface area (Å²) < 4.78 is 2.30. The normalized spacial score (nSPS) is 10.7. The molecule has 6 heteroatoms. The Morgan fingerprint density at radius 1 is 1.62 bits per heavy atom. The summed E-state index contributed by atoms with van der Waals surface area (Å²) >= 11 is 4.87. The molecule has 0 fully saturated rings. The predicted molar refractivity (Wildman–Crippen MR) is 65.8 cm³/mol. The van der Waals surface area contributed by atoms with Gasteiger partial charge in [0.15, 0.2) is 5.78 Å². The summed E-state index contributed by atoms with van der Waals surface area (Å²) in [6, 6.07) is 0. The Morgan fingerprint density at radius 3 is 2.88 bits per heavy atom. The zero-order valence-electron chi connectivity index (χ0n) is 8.90. The van der Waals surface area contributed by atoms with Crippen LogP contribution in [0.4, 0.5) is 0 Å². The molecule has 2 rings (SSSR count). The molecule has 0 aromatic carbocycles. The van der Waals surface area contributed by atoms with Crippen molar-refractivity contribution in [3.63, 3.8) is 0 Å². The molecule has 2 aromatic rings. The lowest BCUT2D eigenvalue weighted by molar-refractivity contribution is 0.0982. The van der Waals surface area contributed by atoms with Crippen LogP contribution in [0.3, 0.4) is 0 Å². The number of rotatable bonds is 3. The van der Waals surface area contributed by atoms with Crippen molar-refractivity contribution in [1.82, 2.24) is 14.8 Å². The van der Waals surface area contributed by atoms with Gasteiger partial charge in [0.05, 0.1) is 27.8 Å². The number of aryl methyl sites for hydroxylation is 2. The Hall–Kier alpha value is -1.01. The number of carbonyl (C=O) groups excluding carboxylic acids is 1. The van der Waals surface area contributed by atoms with E-state index in [0.29, 0.717) is 12.1 Å². The molecule has 0 radical (unpaired) electrons. The highest BCUT2D eigenvalue weighted by Gasteiger charge is 2.16. The van der Waals surface area contributed by atoms with Gasteiger partial charge in [-0.2, -0.15) is 5.10 Å². The van der Waals surface area contributed by atoms with Crippen molar-refractivity contribution >= 4 is 33.0 Å². The van der Waals surface area contributed by atoms with Gasteiger partial charge in [-0.05, 0) is 22.9 Å². The first-order chi connectivity index (χ1) is 7.58. The highest BCUT2D eigenvalue weighted by Crippen LogP contribution is 2.18. The Kier molecular flexibility index (Phi) is 3.20. The van der Waals surface area contributed by atoms with E-state index in [1.165, 1.54) is 0 Å². The maximum atomic E-state index is 12.0. The predicted octanol–water partition coefficient (Wildman–Crippen LogP) is 2.37. The van der Waals surface area contributed by atoms with Crippen LogP contribution in [-0.4, -0.2) is 20.5 Å². The van der Waals surface area contributed by atoms with Gasteiger partial charge in [-0.1, -0.05) is 0 Å². The van der Waals surface area contributed by atoms with Crippen LogP contribution in [0.2, 0.25) is 0 Å². The summed E-state index contributed by atoms with van der Waals surface area (Å²) in [6.07, 6.45) is 1.95. The van der Waals surface area contributed by atoms with E-state index in [1.54, 1.807) is 29.3 Å². The fraction of sp³-hybridized carbons (Fsp3) is 0.300. The molecule has 84 valence electrons. The van der Waals surface area contributed by atoms with E-state index < -0.39 is 0 Å². The van der Waals surface area contributed by atoms with Crippen molar-refractivity contribution in [2.45, 2.75) is 13.3 Å². The quantitative estimate of drug-likeness (QED) is 0.818. The standard InChI is InChI=1S/C10H10BrN3OS/c1-6-13-7(5-16-6)3-9(15)10-8(11)4-12-14(10)2/h4-5H,3H2,1-2H3. The molecule has 0 spiro atoms. The fourth-order valence-corrected chi connectivity index (χ4v) is 2.64. The van der Waals surface area contributed by atoms with Gasteiger partial charge in [-0.3, -0.25) is 9.48 Å². The third-order valence-corrected chi connectivity index (χ3v) is 3.57. The molecular formula is C10H10BrN3OS. The van der Waals surface area contributed by atoms with E-state index in [2.05, 4.69) is 26.0 Å². The van der Waals surface area contributed by atoms with Gasteiger partial charge in [-0.15, -0.1) is 11.3 Å². The third kappa shape index (κ3) is 2.22. The smallest absolute Gasteiger partial charge is 0.187 e. The first-order valence-corrected chi connectivity index (χ1v) is 6.37. The average Bonchev–Trinajstić information content (AvgIpc) is 2.74. The van der Waals surface area contributed by atoms with Gasteiger partial charge in [0.1, 0.15) is 5.69 Å². The fourth-order valence-electron chi connectivity index (χ4n) is 1.46. The summed E-state index contributed by atoms with van der Waals surface area (Å²) in [4.78, 5) is 16.3. The second kappa shape index (κ2) is 4.47. The van der Waals surface area contributed by atoms with Gasteiger partial charge >= 0.3 is 0 Å². The first kappa shape index (κ1) is 11.5. The number of ketones is 1. The Labute approximate surface area is 105 Å². The van der Waals surface area contributed by atoms with Gasteiger partial charge in [0, 0.05) is 12.4 Å². The largest absolute Gasteiger partial charge is 0.292 e. The van der Waals surface area contributed by atoms with Gasteiger partial charge in [0.2, 0.25) is 0 Å². The van der Waals surface area contributed by atoms with Crippen LogP contribution in [0.5, 0.6) is 0 Å². The molecule has 0 saturated heterocycles. The maximum absolute atomic E-state index is 12.0. The molecule has 0 bridgehead atoms. The molecule has 16 heavy (non-hydrogen) atoms. The second-order valence-electron chi connectivity index (χ2n) is 3.42. The topological polar surface area (TPSA) is 47.8 Å². The molecule has 0 N–H and O–H groups in total. The molecule has 0 saturated carbocycles. The molecule has 0 aliphatic heterocycles. The highest BCUT2D eigenvalue weighted by molar-refractivity contribution is 9.10. The van der Waals surface area contributed by atoms with Gasteiger partial charge < -0.3 is 0 Å². The van der Waals surface area contributed by atoms with Crippen molar-refractivity contribution in [3.8, 4) is 0 Å². The molecule has 0 aliphatic rings. The maximum Gasteiger partial charge on any atom is 0.187 e. The van der Waals surface area contributed by atoms with E-state index in [-0.39, 0.29) is 5.78 Å². The summed E-state index contributed by atoms with van der Waals surface area (Å²) in [5, 5.41) is 6.91. The summed E-state index contributed by atoms with van der Waals surface area (Å²) in [6.45, 7) is 1.93. The number of Topliss-reactive ketones (excluding diaryl/α,β-unsaturated/α-hetero) is 1. The zero-order chi connectivity index (χ0) is 11.7. The SMILES string of the molecule is Cc1nc(CC(=O)c2c(Br)cnn2C)cs1. The number of halogens is 1. The molecule has 0 aliphatic carbocycles. The molecular weight excluding hydrogens is 290 g/mol. The molecule has 0 amide bonds. The van der Waals surface area contributed by atoms with Crippen LogP contribution >= 0.6 is 27.3 Å². The van der Waals surface area contributed by atoms with Gasteiger partial charge in [0.25, 0.3) is 0 Å². The minimum Gasteiger partial charge on any atom is -0.292 e. The average molecular weight is 300 g/mol. The van der Waals surface area contributed by atoms with E-state index in [9.17, 15) is 4.79 Å². The Balaban J connectivity index is 2.21. The van der Waals surface area contributed by atoms with Crippen LogP contribution in [-0.2, 0) is 13.5 Å². The number of carbonyl (C=O) groups is 1. The highest BCUT2D eigenvalue weighted by atomic mass is 79.9. The monoisotopic (exact) mass is 299 g/mol. The minimum atomic E-state index is 0.0252. The van der Waals surface area contributed by atoms with Crippen LogP contribution in [0.1, 0.15) is 21.2 Å². The van der Waals surface area contributed by atoms with E-state index >= 15 is 0 Å². The van der Waals surface area contributed by atoms with Crippen molar-refractivity contribution in [3.05, 3.63) is 32.4 Å². The minimum absolute atomic E-state index is 0.0252. The van der Waals surface area contributed by atoms with Crippen molar-refractivity contribution in [2.24, 2.45) is 7.05 Å². The molecule has 4 nitrogen and oxygen atoms in total. The third-order valence-electron chi connectivity index (χ3n) is 2.17. The Bertz CT molecular complexity index is 512. The van der Waals surface area contributed by atoms with E-state index in [0.717, 1.165) is 15.2 Å². The molecule has 0 unspecified atom stereocenters. The first-order valence-electron chi connectivity index (χ1n) is 4.69. The summed E-state index contributed by atoms with van der Waals surface area (Å²) in [5.74, 6) is 0.0252. The molecule has 2 heterocycles. The van der Waals surface area contributed by atoms with Crippen LogP contribution in [0.15, 0.2) is 16.0 Å². The van der Waals surface area contributed by atoms with Crippen molar-refractivity contribution in [2.75, 3.05) is 0 Å². The summed E-state index contributed by atoms with van der Waals surface area (Å²) in [5.41, 5.74) is 1.41. The zero-order valence-corrected chi connectivity index (χ0v) is 11.3. The number of hydrogen-bond acceptors (Lipinski definition) is 4.